The van der Waals surface area contributed by atoms with E-state index in [-0.39, 0.29) is 116 Å². The summed E-state index contributed by atoms with van der Waals surface area (Å²) in [4.78, 5) is 0. The fourth-order valence-electron chi connectivity index (χ4n) is 15.6. The van der Waals surface area contributed by atoms with Gasteiger partial charge >= 0.3 is 0 Å². The Morgan fingerprint density at radius 3 is 1.89 bits per heavy atom. The zero-order valence-corrected chi connectivity index (χ0v) is 43.7. The van der Waals surface area contributed by atoms with Gasteiger partial charge in [-0.15, -0.1) is 0 Å². The molecule has 17 heteroatoms. The molecule has 31 atom stereocenters. The number of hydrogen-bond acceptors (Lipinski definition) is 17. The largest absolute Gasteiger partial charge is 0.391 e. The fraction of sp³-hybridized carbons (Fsp3) is 0.860. The summed E-state index contributed by atoms with van der Waals surface area (Å²) < 4.78 is 88.7. The SMILES string of the molecule is C[C@@H]1C[C@@H]2O[C@@H]3[C@@H](C)[C@H](O)[C@@H]4O[C@]5(CC(O)CO5)[C@@H](C)[C@H](C)[C@H]4O[C@H]3C[C@H]2O[C@H]2C[C@H]3O[C@H]4C/C=C\C[C@H]5O[C@H]6C=C[C@H]7O[C@H]8[C@H](O)[C@H]9OCC=CC[C@@H]9O[C@@H]8C[C@@H]7O[C@@H]6C/C=C\[C@@H]5O[C@@H]4C[C@@H](O)[C@]3(C)O[C@@H]2C1. The first kappa shape index (κ1) is 51.7. The average molecular weight is 1040 g/mol. The molecule has 0 bridgehead atoms. The molecule has 0 aromatic carbocycles. The van der Waals surface area contributed by atoms with Gasteiger partial charge in [0.15, 0.2) is 5.79 Å². The summed E-state index contributed by atoms with van der Waals surface area (Å²) in [5, 5.41) is 46.4. The highest BCUT2D eigenvalue weighted by atomic mass is 16.7. The van der Waals surface area contributed by atoms with Gasteiger partial charge in [0.1, 0.15) is 48.3 Å². The zero-order valence-electron chi connectivity index (χ0n) is 43.7. The van der Waals surface area contributed by atoms with Gasteiger partial charge < -0.3 is 82.0 Å². The minimum Gasteiger partial charge on any atom is -0.391 e. The maximum atomic E-state index is 12.4. The van der Waals surface area contributed by atoms with Gasteiger partial charge in [-0.05, 0) is 57.3 Å². The van der Waals surface area contributed by atoms with E-state index in [4.69, 9.17) is 61.6 Å². The lowest BCUT2D eigenvalue weighted by Gasteiger charge is -2.53. The quantitative estimate of drug-likeness (QED) is 0.253. The minimum atomic E-state index is -1.02. The van der Waals surface area contributed by atoms with E-state index in [2.05, 4.69) is 57.2 Å². The average Bonchev–Trinajstić information content (AvgIpc) is 3.44. The van der Waals surface area contributed by atoms with E-state index in [0.29, 0.717) is 64.4 Å². The summed E-state index contributed by atoms with van der Waals surface area (Å²) >= 11 is 0. The van der Waals surface area contributed by atoms with Crippen LogP contribution in [0, 0.1) is 23.7 Å². The predicted molar refractivity (Wildman–Crippen MR) is 263 cm³/mol. The first-order valence-corrected chi connectivity index (χ1v) is 28.6. The van der Waals surface area contributed by atoms with Gasteiger partial charge in [-0.2, -0.15) is 0 Å². The molecule has 13 aliphatic rings. The van der Waals surface area contributed by atoms with Gasteiger partial charge in [0.2, 0.25) is 0 Å². The topological polar surface area (TPSA) is 201 Å². The fourth-order valence-corrected chi connectivity index (χ4v) is 15.6. The van der Waals surface area contributed by atoms with Crippen LogP contribution in [0.25, 0.3) is 0 Å². The number of hydrogen-bond donors (Lipinski definition) is 4. The van der Waals surface area contributed by atoms with Gasteiger partial charge in [0.05, 0.1) is 123 Å². The molecule has 412 valence electrons. The van der Waals surface area contributed by atoms with Crippen LogP contribution >= 0.6 is 0 Å². The van der Waals surface area contributed by atoms with Crippen LogP contribution in [-0.2, 0) is 61.6 Å². The van der Waals surface area contributed by atoms with Crippen molar-refractivity contribution in [3.05, 3.63) is 48.6 Å². The molecule has 0 aliphatic carbocycles. The van der Waals surface area contributed by atoms with Crippen LogP contribution in [0.1, 0.15) is 105 Å². The van der Waals surface area contributed by atoms with Crippen LogP contribution in [0.5, 0.6) is 0 Å². The summed E-state index contributed by atoms with van der Waals surface area (Å²) in [6.07, 6.45) is 12.1. The van der Waals surface area contributed by atoms with Crippen molar-refractivity contribution in [1.29, 1.82) is 0 Å². The van der Waals surface area contributed by atoms with Crippen LogP contribution in [0.2, 0.25) is 0 Å². The number of aliphatic hydroxyl groups excluding tert-OH is 4. The second-order valence-corrected chi connectivity index (χ2v) is 24.8. The summed E-state index contributed by atoms with van der Waals surface area (Å²) in [5.41, 5.74) is -1.02. The summed E-state index contributed by atoms with van der Waals surface area (Å²) in [6, 6.07) is 0. The zero-order chi connectivity index (χ0) is 50.8. The summed E-state index contributed by atoms with van der Waals surface area (Å²) in [6.45, 7) is 11.2. The smallest absolute Gasteiger partial charge is 0.174 e. The molecule has 17 nitrogen and oxygen atoms in total. The molecule has 0 saturated carbocycles. The summed E-state index contributed by atoms with van der Waals surface area (Å²) in [7, 11) is 0. The Labute approximate surface area is 435 Å². The molecule has 1 unspecified atom stereocenters. The Kier molecular flexibility index (Phi) is 14.3. The van der Waals surface area contributed by atoms with Crippen molar-refractivity contribution in [1.82, 2.24) is 0 Å². The van der Waals surface area contributed by atoms with Crippen LogP contribution in [0.3, 0.4) is 0 Å². The third kappa shape index (κ3) is 9.22. The number of aliphatic hydroxyl groups is 4. The van der Waals surface area contributed by atoms with E-state index in [1.165, 1.54) is 0 Å². The van der Waals surface area contributed by atoms with Crippen LogP contribution in [0.15, 0.2) is 48.6 Å². The normalized spacial score (nSPS) is 58.9. The number of fused-ring (bicyclic) bond motifs is 11. The Bertz CT molecular complexity index is 2120. The molecule has 0 amide bonds. The highest BCUT2D eigenvalue weighted by Crippen LogP contribution is 2.52. The van der Waals surface area contributed by atoms with Crippen LogP contribution in [-0.4, -0.2) is 198 Å². The lowest BCUT2D eigenvalue weighted by Crippen LogP contribution is -2.63. The second-order valence-electron chi connectivity index (χ2n) is 24.8. The van der Waals surface area contributed by atoms with Gasteiger partial charge in [-0.25, -0.2) is 0 Å². The number of rotatable bonds is 0. The monoisotopic (exact) mass is 1040 g/mol. The Hall–Kier alpha value is -1.72. The molecule has 13 rings (SSSR count). The van der Waals surface area contributed by atoms with Crippen LogP contribution in [0.4, 0.5) is 0 Å². The standard InChI is InChI=1S/C57H82O17/c1-27-19-39-41(22-45-51(71-39)29(3)49(60)55-52(72-45)28(2)30(4)57(74-55)25-31(58)26-63-57)68-43-24-48-56(5,73-44(43)20-27)47(59)23-42-35(69-48)12-7-6-11-32-33(66-42)14-10-15-34-36(64-32)16-17-37-40(65-34)21-46-54(70-37)50(61)53-38(67-46)13-8-9-18-62-53/h6-10,14,16-17,27-55,58-61H,11-13,15,18-26H2,1-5H3/b7-6-,14-10-/t27-,28+,29+,30+,31?,32-,33+,34-,35+,36+,37-,38+,39+,40+,41-,42-,43+,44-,45+,46-,47-,48-,49+,50-,51-,52-,53+,54-,55+,56+,57-/m1/s1. The van der Waals surface area contributed by atoms with E-state index < -0.39 is 78.5 Å². The molecule has 13 heterocycles. The van der Waals surface area contributed by atoms with Gasteiger partial charge in [0, 0.05) is 43.9 Å². The Balaban J connectivity index is 0.693. The maximum absolute atomic E-state index is 12.4. The molecule has 0 aromatic rings. The van der Waals surface area contributed by atoms with Crippen molar-refractivity contribution in [3.8, 4) is 0 Å². The molecule has 4 N–H and O–H groups in total. The molecular weight excluding hydrogens is 957 g/mol. The molecule has 9 fully saturated rings. The highest BCUT2D eigenvalue weighted by molar-refractivity contribution is 5.15. The van der Waals surface area contributed by atoms with Crippen molar-refractivity contribution >= 4 is 0 Å². The Morgan fingerprint density at radius 2 is 1.07 bits per heavy atom. The van der Waals surface area contributed by atoms with Crippen LogP contribution < -0.4 is 0 Å². The third-order valence-corrected chi connectivity index (χ3v) is 20.1. The molecule has 13 aliphatic heterocycles. The first-order valence-electron chi connectivity index (χ1n) is 28.6. The molecule has 1 spiro atoms. The molecular formula is C57H82O17. The third-order valence-electron chi connectivity index (χ3n) is 20.1. The summed E-state index contributed by atoms with van der Waals surface area (Å²) in [5.74, 6) is -1.13. The first-order chi connectivity index (χ1) is 35.7. The minimum absolute atomic E-state index is 0.0202. The van der Waals surface area contributed by atoms with E-state index in [1.54, 1.807) is 0 Å². The lowest BCUT2D eigenvalue weighted by atomic mass is 9.75. The highest BCUT2D eigenvalue weighted by Gasteiger charge is 2.63. The van der Waals surface area contributed by atoms with Gasteiger partial charge in [-0.1, -0.05) is 76.3 Å². The van der Waals surface area contributed by atoms with Crippen molar-refractivity contribution < 1.29 is 82.0 Å². The Morgan fingerprint density at radius 1 is 0.446 bits per heavy atom. The van der Waals surface area contributed by atoms with Crippen molar-refractivity contribution in [2.45, 2.75) is 269 Å². The van der Waals surface area contributed by atoms with E-state index >= 15 is 0 Å². The predicted octanol–water partition coefficient (Wildman–Crippen LogP) is 4.08. The number of ether oxygens (including phenoxy) is 13. The van der Waals surface area contributed by atoms with Gasteiger partial charge in [-0.3, -0.25) is 0 Å². The molecule has 9 saturated heterocycles. The van der Waals surface area contributed by atoms with E-state index in [9.17, 15) is 20.4 Å². The van der Waals surface area contributed by atoms with E-state index in [1.807, 2.05) is 26.0 Å². The van der Waals surface area contributed by atoms with Gasteiger partial charge in [0.25, 0.3) is 0 Å². The second kappa shape index (κ2) is 20.4. The maximum Gasteiger partial charge on any atom is 0.174 e. The van der Waals surface area contributed by atoms with Crippen molar-refractivity contribution in [2.75, 3.05) is 13.2 Å². The van der Waals surface area contributed by atoms with E-state index in [0.717, 1.165) is 12.8 Å². The molecule has 74 heavy (non-hydrogen) atoms. The molecule has 0 aromatic heterocycles. The van der Waals surface area contributed by atoms with Crippen molar-refractivity contribution in [3.63, 3.8) is 0 Å². The molecule has 0 radical (unpaired) electrons. The lowest BCUT2D eigenvalue weighted by molar-refractivity contribution is -0.339. The van der Waals surface area contributed by atoms with Crippen molar-refractivity contribution in [2.24, 2.45) is 23.7 Å².